The Bertz CT molecular complexity index is 749. The summed E-state index contributed by atoms with van der Waals surface area (Å²) in [5.74, 6) is -1.27. The van der Waals surface area contributed by atoms with Crippen molar-refractivity contribution in [1.82, 2.24) is 9.88 Å². The van der Waals surface area contributed by atoms with E-state index in [0.717, 1.165) is 48.7 Å². The van der Waals surface area contributed by atoms with Crippen LogP contribution in [0.15, 0.2) is 24.3 Å². The molecule has 0 spiro atoms. The van der Waals surface area contributed by atoms with Gasteiger partial charge in [0.25, 0.3) is 5.91 Å². The number of para-hydroxylation sites is 1. The number of rotatable bonds is 9. The topological polar surface area (TPSA) is 71.3 Å². The summed E-state index contributed by atoms with van der Waals surface area (Å²) in [4.78, 5) is 24.4. The Balaban J connectivity index is 2.38. The van der Waals surface area contributed by atoms with Gasteiger partial charge in [0.2, 0.25) is 0 Å². The number of aliphatic carboxylic acids is 1. The van der Waals surface area contributed by atoms with Crippen molar-refractivity contribution < 1.29 is 14.7 Å². The van der Waals surface area contributed by atoms with Crippen LogP contribution in [0.25, 0.3) is 10.9 Å². The molecule has 1 heterocycles. The van der Waals surface area contributed by atoms with Crippen LogP contribution in [0.3, 0.4) is 0 Å². The maximum Gasteiger partial charge on any atom is 0.326 e. The molecule has 2 rings (SSSR count). The molecule has 1 amide bonds. The number of nitrogens with zero attached hydrogens (tertiary/aromatic N) is 1. The Labute approximate surface area is 149 Å². The Hall–Kier alpha value is -2.30. The average molecular weight is 344 g/mol. The number of hydrogen-bond donors (Lipinski definition) is 2. The molecule has 1 atom stereocenters. The number of unbranched alkanes of at least 4 members (excludes halogenated alkanes) is 2. The highest BCUT2D eigenvalue weighted by Crippen LogP contribution is 2.26. The number of carboxylic acid groups (broad SMARTS) is 1. The fourth-order valence-electron chi connectivity index (χ4n) is 3.21. The van der Waals surface area contributed by atoms with Gasteiger partial charge >= 0.3 is 5.97 Å². The summed E-state index contributed by atoms with van der Waals surface area (Å²) < 4.78 is 2.03. The molecule has 5 nitrogen and oxygen atoms in total. The molecule has 0 fully saturated rings. The van der Waals surface area contributed by atoms with Gasteiger partial charge in [-0.15, -0.1) is 0 Å². The van der Waals surface area contributed by atoms with Gasteiger partial charge in [0.1, 0.15) is 11.7 Å². The number of hydrogen-bond acceptors (Lipinski definition) is 2. The van der Waals surface area contributed by atoms with Gasteiger partial charge in [0.15, 0.2) is 0 Å². The molecule has 0 aliphatic heterocycles. The Morgan fingerprint density at radius 2 is 1.84 bits per heavy atom. The number of benzene rings is 1. The van der Waals surface area contributed by atoms with Crippen LogP contribution in [0.2, 0.25) is 0 Å². The van der Waals surface area contributed by atoms with Gasteiger partial charge in [-0.25, -0.2) is 4.79 Å². The second-order valence-electron chi connectivity index (χ2n) is 6.50. The Morgan fingerprint density at radius 1 is 1.16 bits per heavy atom. The zero-order valence-electron chi connectivity index (χ0n) is 15.3. The van der Waals surface area contributed by atoms with Crippen LogP contribution in [0, 0.1) is 6.92 Å². The highest BCUT2D eigenvalue weighted by molar-refractivity contribution is 6.02. The lowest BCUT2D eigenvalue weighted by Gasteiger charge is -2.16. The van der Waals surface area contributed by atoms with Crippen molar-refractivity contribution in [1.29, 1.82) is 0 Å². The monoisotopic (exact) mass is 344 g/mol. The first kappa shape index (κ1) is 19.0. The number of carboxylic acids is 1. The number of fused-ring (bicyclic) bond motifs is 1. The number of aromatic nitrogens is 1. The summed E-state index contributed by atoms with van der Waals surface area (Å²) in [7, 11) is 0. The van der Waals surface area contributed by atoms with Gasteiger partial charge in [-0.1, -0.05) is 51.3 Å². The third-order valence-corrected chi connectivity index (χ3v) is 4.62. The maximum absolute atomic E-state index is 12.9. The second-order valence-corrected chi connectivity index (χ2v) is 6.50. The number of nitrogens with one attached hydrogen (secondary N) is 1. The maximum atomic E-state index is 12.9. The molecule has 1 unspecified atom stereocenters. The second kappa shape index (κ2) is 8.70. The first-order chi connectivity index (χ1) is 12.0. The average Bonchev–Trinajstić information content (AvgIpc) is 2.89. The molecule has 0 aliphatic carbocycles. The summed E-state index contributed by atoms with van der Waals surface area (Å²) in [6.45, 7) is 6.80. The summed E-state index contributed by atoms with van der Waals surface area (Å²) in [6.07, 6.45) is 4.12. The van der Waals surface area contributed by atoms with Crippen molar-refractivity contribution in [3.63, 3.8) is 0 Å². The van der Waals surface area contributed by atoms with Gasteiger partial charge in [-0.3, -0.25) is 4.79 Å². The molecule has 0 radical (unpaired) electrons. The van der Waals surface area contributed by atoms with Crippen molar-refractivity contribution in [3.05, 3.63) is 35.5 Å². The van der Waals surface area contributed by atoms with E-state index in [1.807, 2.05) is 42.7 Å². The van der Waals surface area contributed by atoms with Crippen molar-refractivity contribution >= 4 is 22.8 Å². The molecule has 0 saturated carbocycles. The van der Waals surface area contributed by atoms with Crippen LogP contribution in [0.1, 0.15) is 62.0 Å². The van der Waals surface area contributed by atoms with Crippen LogP contribution < -0.4 is 5.32 Å². The first-order valence-electron chi connectivity index (χ1n) is 9.12. The van der Waals surface area contributed by atoms with Crippen molar-refractivity contribution in [3.8, 4) is 0 Å². The number of carbonyl (C=O) groups is 2. The molecule has 0 bridgehead atoms. The summed E-state index contributed by atoms with van der Waals surface area (Å²) in [6, 6.07) is 7.11. The van der Waals surface area contributed by atoms with Crippen molar-refractivity contribution in [2.24, 2.45) is 0 Å². The number of amides is 1. The zero-order valence-corrected chi connectivity index (χ0v) is 15.3. The predicted octanol–water partition coefficient (Wildman–Crippen LogP) is 4.12. The van der Waals surface area contributed by atoms with Gasteiger partial charge < -0.3 is 15.0 Å². The Morgan fingerprint density at radius 3 is 2.48 bits per heavy atom. The minimum Gasteiger partial charge on any atom is -0.480 e. The van der Waals surface area contributed by atoms with E-state index in [4.69, 9.17) is 0 Å². The molecule has 2 N–H and O–H groups in total. The van der Waals surface area contributed by atoms with Crippen LogP contribution >= 0.6 is 0 Å². The van der Waals surface area contributed by atoms with Gasteiger partial charge in [-0.05, 0) is 31.4 Å². The molecule has 2 aromatic rings. The summed E-state index contributed by atoms with van der Waals surface area (Å²) in [5.41, 5.74) is 2.51. The smallest absolute Gasteiger partial charge is 0.326 e. The van der Waals surface area contributed by atoms with E-state index in [1.54, 1.807) is 0 Å². The summed E-state index contributed by atoms with van der Waals surface area (Å²) >= 11 is 0. The summed E-state index contributed by atoms with van der Waals surface area (Å²) in [5, 5.41) is 13.2. The van der Waals surface area contributed by atoms with Crippen molar-refractivity contribution in [2.45, 2.75) is 65.5 Å². The zero-order chi connectivity index (χ0) is 18.4. The van der Waals surface area contributed by atoms with Crippen LogP contribution in [-0.4, -0.2) is 27.6 Å². The molecule has 1 aromatic carbocycles. The SMILES string of the molecule is CCCCC(NC(=O)c1c(C)c2ccccc2n1CCCC)C(=O)O. The van der Waals surface area contributed by atoms with E-state index in [0.29, 0.717) is 12.1 Å². The van der Waals surface area contributed by atoms with Gasteiger partial charge in [0, 0.05) is 17.4 Å². The van der Waals surface area contributed by atoms with E-state index in [2.05, 4.69) is 12.2 Å². The van der Waals surface area contributed by atoms with Crippen LogP contribution in [0.5, 0.6) is 0 Å². The van der Waals surface area contributed by atoms with Crippen molar-refractivity contribution in [2.75, 3.05) is 0 Å². The van der Waals surface area contributed by atoms with E-state index in [-0.39, 0.29) is 5.91 Å². The molecule has 136 valence electrons. The highest BCUT2D eigenvalue weighted by Gasteiger charge is 2.25. The molecular weight excluding hydrogens is 316 g/mol. The number of carbonyl (C=O) groups excluding carboxylic acids is 1. The van der Waals surface area contributed by atoms with Gasteiger partial charge in [-0.2, -0.15) is 0 Å². The fraction of sp³-hybridized carbons (Fsp3) is 0.500. The molecular formula is C20H28N2O3. The van der Waals surface area contributed by atoms with Gasteiger partial charge in [0.05, 0.1) is 0 Å². The number of aryl methyl sites for hydroxylation is 2. The predicted molar refractivity (Wildman–Crippen MR) is 100.0 cm³/mol. The highest BCUT2D eigenvalue weighted by atomic mass is 16.4. The normalized spacial score (nSPS) is 12.3. The standard InChI is InChI=1S/C20H28N2O3/c1-4-6-11-16(20(24)25)21-19(23)18-14(3)15-10-8-9-12-17(15)22(18)13-7-5-2/h8-10,12,16H,4-7,11,13H2,1-3H3,(H,21,23)(H,24,25). The first-order valence-corrected chi connectivity index (χ1v) is 9.12. The van der Waals surface area contributed by atoms with E-state index in [9.17, 15) is 14.7 Å². The largest absolute Gasteiger partial charge is 0.480 e. The lowest BCUT2D eigenvalue weighted by Crippen LogP contribution is -2.41. The molecule has 25 heavy (non-hydrogen) atoms. The van der Waals surface area contributed by atoms with E-state index in [1.165, 1.54) is 0 Å². The fourth-order valence-corrected chi connectivity index (χ4v) is 3.21. The molecule has 1 aromatic heterocycles. The minimum absolute atomic E-state index is 0.298. The van der Waals surface area contributed by atoms with E-state index < -0.39 is 12.0 Å². The third kappa shape index (κ3) is 4.21. The van der Waals surface area contributed by atoms with E-state index >= 15 is 0 Å². The molecule has 5 heteroatoms. The molecule has 0 aliphatic rings. The third-order valence-electron chi connectivity index (χ3n) is 4.62. The minimum atomic E-state index is -0.976. The lowest BCUT2D eigenvalue weighted by atomic mass is 10.1. The molecule has 0 saturated heterocycles. The lowest BCUT2D eigenvalue weighted by molar-refractivity contribution is -0.139. The van der Waals surface area contributed by atoms with Crippen LogP contribution in [0.4, 0.5) is 0 Å². The van der Waals surface area contributed by atoms with Crippen LogP contribution in [-0.2, 0) is 11.3 Å². The quantitative estimate of drug-likeness (QED) is 0.719. The Kier molecular flexibility index (Phi) is 6.62.